The summed E-state index contributed by atoms with van der Waals surface area (Å²) in [7, 11) is 0. The molecule has 5 rings (SSSR count). The van der Waals surface area contributed by atoms with Gasteiger partial charge < -0.3 is 9.80 Å². The van der Waals surface area contributed by atoms with Crippen LogP contribution in [0.2, 0.25) is 0 Å². The minimum absolute atomic E-state index is 0.0651. The summed E-state index contributed by atoms with van der Waals surface area (Å²) in [6.45, 7) is 3.58. The van der Waals surface area contributed by atoms with E-state index in [0.29, 0.717) is 44.2 Å². The van der Waals surface area contributed by atoms with E-state index >= 15 is 0 Å². The van der Waals surface area contributed by atoms with Crippen LogP contribution in [-0.2, 0) is 10.2 Å². The van der Waals surface area contributed by atoms with Gasteiger partial charge in [-0.3, -0.25) is 14.7 Å². The lowest BCUT2D eigenvalue weighted by atomic mass is 9.71. The fourth-order valence-corrected chi connectivity index (χ4v) is 4.89. The lowest BCUT2D eigenvalue weighted by Gasteiger charge is -2.41. The summed E-state index contributed by atoms with van der Waals surface area (Å²) in [6, 6.07) is 2.91. The van der Waals surface area contributed by atoms with Crippen molar-refractivity contribution in [3.63, 3.8) is 0 Å². The molecule has 3 heterocycles. The molecule has 9 heteroatoms. The number of piperidine rings is 1. The van der Waals surface area contributed by atoms with Gasteiger partial charge in [0.05, 0.1) is 11.0 Å². The molecule has 2 saturated heterocycles. The van der Waals surface area contributed by atoms with Crippen LogP contribution in [0.1, 0.15) is 41.3 Å². The molecule has 0 radical (unpaired) electrons. The SMILES string of the molecule is Cc1nc([C@@]23CCN(C(=O)c4cc(F)ccc4F)C[C@@H]2CN(C(=O)C2CC2)C3)n[nH]1. The number of halogens is 2. The van der Waals surface area contributed by atoms with Gasteiger partial charge in [-0.05, 0) is 44.4 Å². The van der Waals surface area contributed by atoms with E-state index in [1.54, 1.807) is 4.90 Å². The molecule has 0 unspecified atom stereocenters. The number of rotatable bonds is 3. The maximum Gasteiger partial charge on any atom is 0.256 e. The van der Waals surface area contributed by atoms with Crippen LogP contribution in [0.25, 0.3) is 0 Å². The molecule has 2 aromatic rings. The highest BCUT2D eigenvalue weighted by Gasteiger charge is 2.55. The summed E-state index contributed by atoms with van der Waals surface area (Å²) in [5.74, 6) is -0.349. The van der Waals surface area contributed by atoms with Crippen LogP contribution < -0.4 is 0 Å². The van der Waals surface area contributed by atoms with Gasteiger partial charge in [-0.1, -0.05) is 0 Å². The molecular weight excluding hydrogens is 392 g/mol. The van der Waals surface area contributed by atoms with Crippen LogP contribution in [0.15, 0.2) is 18.2 Å². The second-order valence-corrected chi connectivity index (χ2v) is 8.72. The lowest BCUT2D eigenvalue weighted by molar-refractivity contribution is -0.131. The third-order valence-corrected chi connectivity index (χ3v) is 6.69. The number of aromatic amines is 1. The van der Waals surface area contributed by atoms with Gasteiger partial charge in [0.15, 0.2) is 5.82 Å². The predicted molar refractivity (Wildman–Crippen MR) is 102 cm³/mol. The number of aromatic nitrogens is 3. The lowest BCUT2D eigenvalue weighted by Crippen LogP contribution is -2.52. The van der Waals surface area contributed by atoms with Crippen LogP contribution in [0, 0.1) is 30.4 Å². The molecule has 0 bridgehead atoms. The molecule has 3 fully saturated rings. The molecule has 3 aliphatic rings. The van der Waals surface area contributed by atoms with Gasteiger partial charge in [0, 0.05) is 38.0 Å². The number of nitrogens with zero attached hydrogens (tertiary/aromatic N) is 4. The summed E-state index contributed by atoms with van der Waals surface area (Å²) >= 11 is 0. The molecule has 0 spiro atoms. The molecule has 1 saturated carbocycles. The Hall–Kier alpha value is -2.84. The van der Waals surface area contributed by atoms with Crippen molar-refractivity contribution in [2.24, 2.45) is 11.8 Å². The van der Waals surface area contributed by atoms with E-state index < -0.39 is 23.0 Å². The van der Waals surface area contributed by atoms with E-state index in [1.807, 2.05) is 11.8 Å². The Morgan fingerprint density at radius 3 is 2.67 bits per heavy atom. The van der Waals surface area contributed by atoms with E-state index in [0.717, 1.165) is 31.0 Å². The zero-order valence-corrected chi connectivity index (χ0v) is 16.7. The molecule has 30 heavy (non-hydrogen) atoms. The van der Waals surface area contributed by atoms with Crippen molar-refractivity contribution in [2.45, 2.75) is 31.6 Å². The van der Waals surface area contributed by atoms with Gasteiger partial charge in [-0.2, -0.15) is 5.10 Å². The van der Waals surface area contributed by atoms with Crippen LogP contribution in [-0.4, -0.2) is 63.0 Å². The fraction of sp³-hybridized carbons (Fsp3) is 0.524. The van der Waals surface area contributed by atoms with Crippen LogP contribution in [0.4, 0.5) is 8.78 Å². The van der Waals surface area contributed by atoms with Gasteiger partial charge in [-0.15, -0.1) is 0 Å². The quantitative estimate of drug-likeness (QED) is 0.832. The molecule has 1 aliphatic carbocycles. The summed E-state index contributed by atoms with van der Waals surface area (Å²) in [6.07, 6.45) is 2.42. The summed E-state index contributed by atoms with van der Waals surface area (Å²) in [4.78, 5) is 33.7. The number of aryl methyl sites for hydroxylation is 1. The number of hydrogen-bond donors (Lipinski definition) is 1. The minimum Gasteiger partial charge on any atom is -0.341 e. The third kappa shape index (κ3) is 3.07. The first-order valence-electron chi connectivity index (χ1n) is 10.3. The predicted octanol–water partition coefficient (Wildman–Crippen LogP) is 2.04. The summed E-state index contributed by atoms with van der Waals surface area (Å²) < 4.78 is 27.8. The van der Waals surface area contributed by atoms with E-state index in [-0.39, 0.29) is 23.3 Å². The standard InChI is InChI=1S/C21H23F2N5O2/c1-12-24-20(26-25-12)21-6-7-27(19(30)16-8-15(22)4-5-17(16)23)9-14(21)10-28(11-21)18(29)13-2-3-13/h4-5,8,13-14H,2-3,6-7,9-11H2,1H3,(H,24,25,26)/t14-,21-/m1/s1. The third-order valence-electron chi connectivity index (χ3n) is 6.69. The molecule has 1 aromatic carbocycles. The van der Waals surface area contributed by atoms with Crippen molar-refractivity contribution in [3.05, 3.63) is 47.0 Å². The van der Waals surface area contributed by atoms with Crippen LogP contribution in [0.5, 0.6) is 0 Å². The number of carbonyl (C=O) groups is 2. The van der Waals surface area contributed by atoms with E-state index in [9.17, 15) is 18.4 Å². The molecule has 2 amide bonds. The van der Waals surface area contributed by atoms with Crippen molar-refractivity contribution in [1.29, 1.82) is 0 Å². The van der Waals surface area contributed by atoms with Crippen molar-refractivity contribution < 1.29 is 18.4 Å². The second-order valence-electron chi connectivity index (χ2n) is 8.72. The van der Waals surface area contributed by atoms with E-state index in [1.165, 1.54) is 0 Å². The average molecular weight is 415 g/mol. The van der Waals surface area contributed by atoms with Crippen molar-refractivity contribution in [1.82, 2.24) is 25.0 Å². The number of amides is 2. The van der Waals surface area contributed by atoms with Gasteiger partial charge in [-0.25, -0.2) is 13.8 Å². The summed E-state index contributed by atoms with van der Waals surface area (Å²) in [5, 5.41) is 7.28. The second kappa shape index (κ2) is 6.85. The molecule has 2 aliphatic heterocycles. The highest BCUT2D eigenvalue weighted by atomic mass is 19.1. The minimum atomic E-state index is -0.736. The first-order valence-corrected chi connectivity index (χ1v) is 10.3. The van der Waals surface area contributed by atoms with Gasteiger partial charge in [0.25, 0.3) is 5.91 Å². The van der Waals surface area contributed by atoms with E-state index in [4.69, 9.17) is 0 Å². The number of fused-ring (bicyclic) bond motifs is 1. The Kier molecular flexibility index (Phi) is 4.37. The molecule has 158 valence electrons. The normalized spacial score (nSPS) is 26.0. The number of likely N-dealkylation sites (tertiary alicyclic amines) is 2. The largest absolute Gasteiger partial charge is 0.341 e. The Morgan fingerprint density at radius 1 is 1.20 bits per heavy atom. The van der Waals surface area contributed by atoms with Gasteiger partial charge >= 0.3 is 0 Å². The monoisotopic (exact) mass is 415 g/mol. The van der Waals surface area contributed by atoms with Crippen molar-refractivity contribution >= 4 is 11.8 Å². The van der Waals surface area contributed by atoms with Crippen LogP contribution >= 0.6 is 0 Å². The molecule has 1 aromatic heterocycles. The highest BCUT2D eigenvalue weighted by Crippen LogP contribution is 2.46. The maximum absolute atomic E-state index is 14.2. The number of carbonyl (C=O) groups excluding carboxylic acids is 2. The zero-order chi connectivity index (χ0) is 21.0. The summed E-state index contributed by atoms with van der Waals surface area (Å²) in [5.41, 5.74) is -0.702. The molecule has 7 nitrogen and oxygen atoms in total. The van der Waals surface area contributed by atoms with Gasteiger partial charge in [0.2, 0.25) is 5.91 Å². The Labute approximate surface area is 172 Å². The topological polar surface area (TPSA) is 82.2 Å². The average Bonchev–Trinajstić information content (AvgIpc) is 3.37. The Balaban J connectivity index is 1.43. The highest BCUT2D eigenvalue weighted by molar-refractivity contribution is 5.94. The first-order chi connectivity index (χ1) is 14.4. The first kappa shape index (κ1) is 19.1. The molecule has 1 N–H and O–H groups in total. The van der Waals surface area contributed by atoms with Gasteiger partial charge in [0.1, 0.15) is 17.5 Å². The number of nitrogens with one attached hydrogen (secondary N) is 1. The van der Waals surface area contributed by atoms with E-state index in [2.05, 4.69) is 15.2 Å². The zero-order valence-electron chi connectivity index (χ0n) is 16.7. The molecular formula is C21H23F2N5O2. The Bertz CT molecular complexity index is 1020. The maximum atomic E-state index is 14.2. The molecule has 2 atom stereocenters. The number of benzene rings is 1. The van der Waals surface area contributed by atoms with Crippen LogP contribution in [0.3, 0.4) is 0 Å². The fourth-order valence-electron chi connectivity index (χ4n) is 4.89. The van der Waals surface area contributed by atoms with Crippen molar-refractivity contribution in [3.8, 4) is 0 Å². The number of hydrogen-bond acceptors (Lipinski definition) is 4. The smallest absolute Gasteiger partial charge is 0.256 e. The van der Waals surface area contributed by atoms with Crippen molar-refractivity contribution in [2.75, 3.05) is 26.2 Å². The Morgan fingerprint density at radius 2 is 1.97 bits per heavy atom. The number of H-pyrrole nitrogens is 1.